The number of aromatic nitrogens is 3. The molecule has 4 aromatic rings. The Kier molecular flexibility index (Phi) is 7.32. The number of fused-ring (bicyclic) bond motifs is 9. The van der Waals surface area contributed by atoms with E-state index in [0.29, 0.717) is 17.5 Å². The van der Waals surface area contributed by atoms with Crippen molar-refractivity contribution in [1.82, 2.24) is 15.0 Å². The van der Waals surface area contributed by atoms with Crippen LogP contribution in [0, 0.1) is 25.7 Å². The normalized spacial score (nSPS) is 20.7. The fourth-order valence-corrected chi connectivity index (χ4v) is 7.62. The van der Waals surface area contributed by atoms with Crippen LogP contribution in [-0.4, -0.2) is 23.4 Å². The van der Waals surface area contributed by atoms with Gasteiger partial charge in [-0.15, -0.1) is 0 Å². The Hall–Kier alpha value is -3.78. The third-order valence-electron chi connectivity index (χ3n) is 8.79. The first-order valence-corrected chi connectivity index (χ1v) is 16.5. The van der Waals surface area contributed by atoms with Crippen LogP contribution in [0.3, 0.4) is 0 Å². The molecule has 1 unspecified atom stereocenters. The Balaban J connectivity index is 1.62. The van der Waals surface area contributed by atoms with E-state index in [2.05, 4.69) is 72.5 Å². The molecule has 1 N–H and O–H groups in total. The number of nitrogens with zero attached hydrogens (tertiary/aromatic N) is 3. The number of rotatable bonds is 3. The van der Waals surface area contributed by atoms with Gasteiger partial charge in [0.05, 0.1) is 5.69 Å². The lowest BCUT2D eigenvalue weighted by atomic mass is 9.67. The Morgan fingerprint density at radius 1 is 1.00 bits per heavy atom. The Morgan fingerprint density at radius 2 is 1.74 bits per heavy atom. The number of anilines is 1. The summed E-state index contributed by atoms with van der Waals surface area (Å²) in [5, 5.41) is 0. The van der Waals surface area contributed by atoms with E-state index in [1.165, 1.54) is 17.3 Å². The van der Waals surface area contributed by atoms with Crippen molar-refractivity contribution in [1.29, 1.82) is 0 Å². The molecule has 6 rings (SSSR count). The van der Waals surface area contributed by atoms with Gasteiger partial charge in [0.1, 0.15) is 11.0 Å². The van der Waals surface area contributed by atoms with Crippen molar-refractivity contribution in [2.24, 2.45) is 11.8 Å². The van der Waals surface area contributed by atoms with Gasteiger partial charge in [0.15, 0.2) is 0 Å². The lowest BCUT2D eigenvalue weighted by molar-refractivity contribution is 0.0852. The first-order valence-electron chi connectivity index (χ1n) is 15.0. The molecule has 2 aromatic heterocycles. The van der Waals surface area contributed by atoms with Gasteiger partial charge in [0.2, 0.25) is 11.8 Å². The molecule has 6 bridgehead atoms. The lowest BCUT2D eigenvalue weighted by Crippen LogP contribution is -2.34. The van der Waals surface area contributed by atoms with Crippen LogP contribution in [-0.2, 0) is 21.9 Å². The first-order chi connectivity index (χ1) is 20.3. The number of aryl methyl sites for hydroxylation is 2. The van der Waals surface area contributed by atoms with Gasteiger partial charge in [-0.2, -0.15) is 4.98 Å². The van der Waals surface area contributed by atoms with Crippen LogP contribution < -0.4 is 9.46 Å². The highest BCUT2D eigenvalue weighted by atomic mass is 32.2. The van der Waals surface area contributed by atoms with Crippen molar-refractivity contribution >= 4 is 16.0 Å². The maximum Gasteiger partial charge on any atom is 0.265 e. The zero-order valence-corrected chi connectivity index (χ0v) is 26.8. The van der Waals surface area contributed by atoms with E-state index in [-0.39, 0.29) is 34.2 Å². The fourth-order valence-electron chi connectivity index (χ4n) is 6.68. The van der Waals surface area contributed by atoms with Gasteiger partial charge in [-0.25, -0.2) is 18.1 Å². The number of ether oxygens (including phenoxy) is 1. The molecule has 0 saturated carbocycles. The average Bonchev–Trinajstić information content (AvgIpc) is 2.92. The van der Waals surface area contributed by atoms with E-state index in [1.54, 1.807) is 6.07 Å². The Morgan fingerprint density at radius 3 is 2.44 bits per heavy atom. The molecule has 0 saturated heterocycles. The second-order valence-electron chi connectivity index (χ2n) is 13.5. The summed E-state index contributed by atoms with van der Waals surface area (Å²) in [5.74, 6) is 0.795. The van der Waals surface area contributed by atoms with E-state index in [0.717, 1.165) is 40.7 Å². The van der Waals surface area contributed by atoms with Crippen LogP contribution >= 0.6 is 0 Å². The summed E-state index contributed by atoms with van der Waals surface area (Å²) in [6, 6.07) is 16.4. The van der Waals surface area contributed by atoms with Crippen molar-refractivity contribution in [3.8, 4) is 17.1 Å². The highest BCUT2D eigenvalue weighted by Crippen LogP contribution is 2.49. The monoisotopic (exact) mass is 596 g/mol. The minimum Gasteiger partial charge on any atom is -0.469 e. The molecule has 0 fully saturated rings. The van der Waals surface area contributed by atoms with Gasteiger partial charge in [-0.05, 0) is 83.4 Å². The van der Waals surface area contributed by atoms with Gasteiger partial charge < -0.3 is 4.74 Å². The molecule has 1 aliphatic carbocycles. The quantitative estimate of drug-likeness (QED) is 0.261. The van der Waals surface area contributed by atoms with Gasteiger partial charge in [-0.3, -0.25) is 4.98 Å². The van der Waals surface area contributed by atoms with E-state index in [9.17, 15) is 8.42 Å². The van der Waals surface area contributed by atoms with Crippen LogP contribution in [0.5, 0.6) is 5.88 Å². The van der Waals surface area contributed by atoms with Crippen molar-refractivity contribution in [3.63, 3.8) is 0 Å². The Bertz CT molecular complexity index is 1790. The molecule has 0 amide bonds. The predicted molar refractivity (Wildman–Crippen MR) is 170 cm³/mol. The molecule has 2 aliphatic rings. The largest absolute Gasteiger partial charge is 0.469 e. The third-order valence-corrected chi connectivity index (χ3v) is 10.1. The summed E-state index contributed by atoms with van der Waals surface area (Å²) < 4.78 is 36.9. The molecular formula is C35H40N4O3S. The smallest absolute Gasteiger partial charge is 0.265 e. The van der Waals surface area contributed by atoms with Gasteiger partial charge in [0, 0.05) is 29.9 Å². The number of sulfonamides is 1. The van der Waals surface area contributed by atoms with E-state index in [1.807, 2.05) is 44.3 Å². The first kappa shape index (κ1) is 29.3. The number of pyridine rings is 1. The third kappa shape index (κ3) is 5.65. The maximum absolute atomic E-state index is 13.7. The molecular weight excluding hydrogens is 556 g/mol. The molecule has 7 nitrogen and oxygen atoms in total. The maximum atomic E-state index is 13.7. The van der Waals surface area contributed by atoms with Crippen molar-refractivity contribution < 1.29 is 13.2 Å². The molecule has 1 aliphatic heterocycles. The van der Waals surface area contributed by atoms with Gasteiger partial charge in [0.25, 0.3) is 10.0 Å². The summed E-state index contributed by atoms with van der Waals surface area (Å²) in [6.07, 6.45) is 4.59. The summed E-state index contributed by atoms with van der Waals surface area (Å²) in [5.41, 5.74) is 8.13. The van der Waals surface area contributed by atoms with Gasteiger partial charge >= 0.3 is 0 Å². The molecule has 224 valence electrons. The van der Waals surface area contributed by atoms with E-state index < -0.39 is 10.0 Å². The van der Waals surface area contributed by atoms with Crippen molar-refractivity contribution in [2.75, 3.05) is 4.72 Å². The SMILES string of the molecule is Cc1cccc(C)c1-c1cc2nc(n1)NS(=O)(=O)c1cncc(c1)C1Cc3cc(C(C)(C)C)ccc3[C@H](O2)[C@H]1CC(C)C. The van der Waals surface area contributed by atoms with Crippen molar-refractivity contribution in [3.05, 3.63) is 94.3 Å². The molecule has 2 aromatic carbocycles. The van der Waals surface area contributed by atoms with Gasteiger partial charge in [-0.1, -0.05) is 71.0 Å². The van der Waals surface area contributed by atoms with Crippen molar-refractivity contribution in [2.45, 2.75) is 83.6 Å². The topological polar surface area (TPSA) is 94.1 Å². The second kappa shape index (κ2) is 10.7. The number of benzene rings is 2. The minimum absolute atomic E-state index is 0.0107. The van der Waals surface area contributed by atoms with Crippen LogP contribution in [0.1, 0.15) is 86.4 Å². The number of hydrogen-bond donors (Lipinski definition) is 1. The summed E-state index contributed by atoms with van der Waals surface area (Å²) in [7, 11) is -4.01. The van der Waals surface area contributed by atoms with Crippen LogP contribution in [0.4, 0.5) is 5.95 Å². The molecule has 3 atom stereocenters. The average molecular weight is 597 g/mol. The molecule has 8 heteroatoms. The van der Waals surface area contributed by atoms with Crippen LogP contribution in [0.25, 0.3) is 11.3 Å². The summed E-state index contributed by atoms with van der Waals surface area (Å²) in [6.45, 7) is 15.2. The highest BCUT2D eigenvalue weighted by molar-refractivity contribution is 7.92. The zero-order valence-electron chi connectivity index (χ0n) is 26.0. The molecule has 43 heavy (non-hydrogen) atoms. The second-order valence-corrected chi connectivity index (χ2v) is 15.2. The van der Waals surface area contributed by atoms with E-state index in [4.69, 9.17) is 4.74 Å². The summed E-state index contributed by atoms with van der Waals surface area (Å²) >= 11 is 0. The highest BCUT2D eigenvalue weighted by Gasteiger charge is 2.41. The molecule has 3 heterocycles. The fraction of sp³-hybridized carbons (Fsp3) is 0.400. The van der Waals surface area contributed by atoms with Crippen LogP contribution in [0.2, 0.25) is 0 Å². The number of nitrogens with one attached hydrogen (secondary N) is 1. The van der Waals surface area contributed by atoms with Crippen LogP contribution in [0.15, 0.2) is 65.8 Å². The predicted octanol–water partition coefficient (Wildman–Crippen LogP) is 7.69. The van der Waals surface area contributed by atoms with E-state index >= 15 is 0 Å². The molecule has 0 radical (unpaired) electrons. The Labute approximate surface area is 255 Å². The summed E-state index contributed by atoms with van der Waals surface area (Å²) in [4.78, 5) is 13.8. The minimum atomic E-state index is -4.01. The standard InChI is InChI=1S/C35H40N4O3S/c1-20(2)13-29-28-16-23-14-25(35(5,6)7)11-12-27(23)33(29)42-31-17-30(32-21(3)9-8-10-22(32)4)37-34(38-31)39-43(40,41)26-15-24(28)18-36-19-26/h8-12,14-15,17-20,28-29,33H,13,16H2,1-7H3,(H,37,38,39)/t28?,29-,33-/m0/s1. The number of hydrogen-bond acceptors (Lipinski definition) is 6. The molecule has 0 spiro atoms. The zero-order chi connectivity index (χ0) is 30.7. The lowest BCUT2D eigenvalue weighted by Gasteiger charge is -2.41.